The first-order chi connectivity index (χ1) is 9.24. The van der Waals surface area contributed by atoms with Gasteiger partial charge in [-0.25, -0.2) is 0 Å². The molecule has 5 heteroatoms. The van der Waals surface area contributed by atoms with Crippen LogP contribution < -0.4 is 4.90 Å². The molecule has 2 rings (SSSR count). The van der Waals surface area contributed by atoms with Crippen LogP contribution >= 0.6 is 11.8 Å². The zero-order chi connectivity index (χ0) is 13.7. The average molecular weight is 282 g/mol. The first-order valence-corrected chi connectivity index (χ1v) is 7.86. The molecule has 1 atom stereocenters. The van der Waals surface area contributed by atoms with Crippen molar-refractivity contribution in [2.24, 2.45) is 0 Å². The van der Waals surface area contributed by atoms with Crippen LogP contribution in [0.2, 0.25) is 0 Å². The van der Waals surface area contributed by atoms with Gasteiger partial charge < -0.3 is 15.1 Å². The molecular formula is C14H22N2O2S. The highest BCUT2D eigenvalue weighted by Crippen LogP contribution is 2.28. The van der Waals surface area contributed by atoms with Gasteiger partial charge in [0.2, 0.25) is 0 Å². The van der Waals surface area contributed by atoms with Crippen LogP contribution in [0.25, 0.3) is 0 Å². The highest BCUT2D eigenvalue weighted by atomic mass is 32.2. The third kappa shape index (κ3) is 3.86. The maximum atomic E-state index is 9.47. The van der Waals surface area contributed by atoms with Crippen LogP contribution in [0, 0.1) is 0 Å². The number of aliphatic hydroxyl groups is 2. The Balaban J connectivity index is 1.92. The van der Waals surface area contributed by atoms with Gasteiger partial charge in [-0.05, 0) is 18.4 Å². The topological polar surface area (TPSA) is 46.9 Å². The predicted octanol–water partition coefficient (Wildman–Crippen LogP) is 0.884. The minimum atomic E-state index is -0.620. The highest BCUT2D eigenvalue weighted by Gasteiger charge is 2.20. The largest absolute Gasteiger partial charge is 0.394 e. The molecule has 0 amide bonds. The second kappa shape index (κ2) is 7.14. The first-order valence-electron chi connectivity index (χ1n) is 6.64. The van der Waals surface area contributed by atoms with Crippen molar-refractivity contribution in [3.8, 4) is 0 Å². The fourth-order valence-corrected chi connectivity index (χ4v) is 3.04. The molecule has 0 spiro atoms. The molecule has 0 radical (unpaired) electrons. The number of thioether (sulfide) groups is 1. The molecule has 0 aromatic heterocycles. The number of piperazine rings is 1. The Kier molecular flexibility index (Phi) is 5.51. The summed E-state index contributed by atoms with van der Waals surface area (Å²) in [5.41, 5.74) is 1.30. The molecule has 1 aromatic carbocycles. The molecule has 1 fully saturated rings. The number of nitrogens with zero attached hydrogens (tertiary/aromatic N) is 2. The fourth-order valence-electron chi connectivity index (χ4n) is 2.42. The fraction of sp³-hybridized carbons (Fsp3) is 0.571. The summed E-state index contributed by atoms with van der Waals surface area (Å²) in [7, 11) is 0. The molecular weight excluding hydrogens is 260 g/mol. The lowest BCUT2D eigenvalue weighted by Crippen LogP contribution is -2.49. The van der Waals surface area contributed by atoms with E-state index in [-0.39, 0.29) is 6.61 Å². The Morgan fingerprint density at radius 2 is 1.89 bits per heavy atom. The summed E-state index contributed by atoms with van der Waals surface area (Å²) in [5, 5.41) is 18.3. The van der Waals surface area contributed by atoms with Crippen LogP contribution in [0.1, 0.15) is 0 Å². The van der Waals surface area contributed by atoms with Gasteiger partial charge in [-0.3, -0.25) is 4.90 Å². The Bertz CT molecular complexity index is 395. The van der Waals surface area contributed by atoms with E-state index >= 15 is 0 Å². The number of anilines is 1. The van der Waals surface area contributed by atoms with E-state index in [0.29, 0.717) is 6.54 Å². The third-order valence-electron chi connectivity index (χ3n) is 3.48. The monoisotopic (exact) mass is 282 g/mol. The van der Waals surface area contributed by atoms with Crippen molar-refractivity contribution in [1.29, 1.82) is 0 Å². The van der Waals surface area contributed by atoms with Crippen LogP contribution in [0.15, 0.2) is 29.2 Å². The van der Waals surface area contributed by atoms with Gasteiger partial charge in [-0.15, -0.1) is 11.8 Å². The summed E-state index contributed by atoms with van der Waals surface area (Å²) < 4.78 is 0. The van der Waals surface area contributed by atoms with Crippen LogP contribution in [-0.2, 0) is 0 Å². The van der Waals surface area contributed by atoms with Gasteiger partial charge in [0.25, 0.3) is 0 Å². The minimum Gasteiger partial charge on any atom is -0.394 e. The van der Waals surface area contributed by atoms with E-state index in [1.807, 2.05) is 0 Å². The first kappa shape index (κ1) is 14.7. The van der Waals surface area contributed by atoms with Gasteiger partial charge in [0.15, 0.2) is 0 Å². The molecule has 0 bridgehead atoms. The van der Waals surface area contributed by atoms with E-state index in [1.165, 1.54) is 10.6 Å². The molecule has 0 saturated carbocycles. The molecule has 1 unspecified atom stereocenters. The zero-order valence-electron chi connectivity index (χ0n) is 11.3. The number of β-amino-alcohol motifs (C(OH)–C–C–N with tert-alkyl or cyclic N) is 1. The number of para-hydroxylation sites is 1. The molecule has 4 nitrogen and oxygen atoms in total. The van der Waals surface area contributed by atoms with E-state index in [9.17, 15) is 5.11 Å². The predicted molar refractivity (Wildman–Crippen MR) is 80.0 cm³/mol. The number of rotatable bonds is 5. The number of hydrogen-bond donors (Lipinski definition) is 2. The van der Waals surface area contributed by atoms with Gasteiger partial charge in [-0.1, -0.05) is 12.1 Å². The second-order valence-electron chi connectivity index (χ2n) is 4.80. The number of aliphatic hydroxyl groups excluding tert-OH is 2. The summed E-state index contributed by atoms with van der Waals surface area (Å²) in [5.74, 6) is 0. The Labute approximate surface area is 119 Å². The Morgan fingerprint density at radius 1 is 1.21 bits per heavy atom. The van der Waals surface area contributed by atoms with E-state index in [1.54, 1.807) is 11.8 Å². The van der Waals surface area contributed by atoms with Crippen molar-refractivity contribution in [3.05, 3.63) is 24.3 Å². The van der Waals surface area contributed by atoms with Crippen molar-refractivity contribution >= 4 is 17.4 Å². The van der Waals surface area contributed by atoms with Crippen LogP contribution in [-0.4, -0.2) is 66.8 Å². The maximum Gasteiger partial charge on any atom is 0.0897 e. The number of hydrogen-bond acceptors (Lipinski definition) is 5. The minimum absolute atomic E-state index is 0.157. The van der Waals surface area contributed by atoms with Crippen LogP contribution in [0.3, 0.4) is 0 Å². The van der Waals surface area contributed by atoms with Crippen LogP contribution in [0.4, 0.5) is 5.69 Å². The maximum absolute atomic E-state index is 9.47. The van der Waals surface area contributed by atoms with Crippen LogP contribution in [0.5, 0.6) is 0 Å². The summed E-state index contributed by atoms with van der Waals surface area (Å²) in [6.45, 7) is 4.20. The van der Waals surface area contributed by atoms with Gasteiger partial charge in [0.1, 0.15) is 0 Å². The second-order valence-corrected chi connectivity index (χ2v) is 5.64. The van der Waals surface area contributed by atoms with Crippen molar-refractivity contribution in [3.63, 3.8) is 0 Å². The molecule has 1 aliphatic rings. The lowest BCUT2D eigenvalue weighted by Gasteiger charge is -2.37. The van der Waals surface area contributed by atoms with E-state index in [2.05, 4.69) is 40.3 Å². The van der Waals surface area contributed by atoms with E-state index < -0.39 is 6.10 Å². The lowest BCUT2D eigenvalue weighted by atomic mass is 10.2. The standard InChI is InChI=1S/C14H22N2O2S/c1-19-14-5-3-2-4-13(14)16-8-6-15(7-9-16)10-12(18)11-17/h2-5,12,17-18H,6-11H2,1H3. The lowest BCUT2D eigenvalue weighted by molar-refractivity contribution is 0.0574. The smallest absolute Gasteiger partial charge is 0.0897 e. The quantitative estimate of drug-likeness (QED) is 0.785. The molecule has 1 heterocycles. The van der Waals surface area contributed by atoms with Crippen molar-refractivity contribution in [1.82, 2.24) is 4.90 Å². The highest BCUT2D eigenvalue weighted by molar-refractivity contribution is 7.98. The summed E-state index contributed by atoms with van der Waals surface area (Å²) in [6.07, 6.45) is 1.48. The molecule has 2 N–H and O–H groups in total. The molecule has 0 aliphatic carbocycles. The molecule has 1 saturated heterocycles. The molecule has 1 aromatic rings. The Morgan fingerprint density at radius 3 is 2.53 bits per heavy atom. The summed E-state index contributed by atoms with van der Waals surface area (Å²) in [6, 6.07) is 8.48. The van der Waals surface area contributed by atoms with Gasteiger partial charge in [-0.2, -0.15) is 0 Å². The average Bonchev–Trinajstić information content (AvgIpc) is 2.48. The third-order valence-corrected chi connectivity index (χ3v) is 4.26. The normalized spacial score (nSPS) is 18.6. The zero-order valence-corrected chi connectivity index (χ0v) is 12.1. The van der Waals surface area contributed by atoms with Crippen molar-refractivity contribution in [2.75, 3.05) is 50.5 Å². The molecule has 1 aliphatic heterocycles. The number of benzene rings is 1. The summed E-state index contributed by atoms with van der Waals surface area (Å²) >= 11 is 1.78. The summed E-state index contributed by atoms with van der Waals surface area (Å²) in [4.78, 5) is 5.92. The van der Waals surface area contributed by atoms with Gasteiger partial charge in [0, 0.05) is 37.6 Å². The van der Waals surface area contributed by atoms with Crippen molar-refractivity contribution in [2.45, 2.75) is 11.0 Å². The van der Waals surface area contributed by atoms with Gasteiger partial charge in [0.05, 0.1) is 18.4 Å². The SMILES string of the molecule is CSc1ccccc1N1CCN(CC(O)CO)CC1. The van der Waals surface area contributed by atoms with Crippen molar-refractivity contribution < 1.29 is 10.2 Å². The van der Waals surface area contributed by atoms with E-state index in [4.69, 9.17) is 5.11 Å². The van der Waals surface area contributed by atoms with Gasteiger partial charge >= 0.3 is 0 Å². The Hall–Kier alpha value is -0.750. The van der Waals surface area contributed by atoms with E-state index in [0.717, 1.165) is 26.2 Å². The molecule has 106 valence electrons. The molecule has 19 heavy (non-hydrogen) atoms.